The average molecular weight is 529 g/mol. The van der Waals surface area contributed by atoms with Gasteiger partial charge in [0.1, 0.15) is 17.2 Å². The Morgan fingerprint density at radius 2 is 1.90 bits per heavy atom. The van der Waals surface area contributed by atoms with Gasteiger partial charge in [0.2, 0.25) is 0 Å². The van der Waals surface area contributed by atoms with Crippen molar-refractivity contribution in [3.63, 3.8) is 0 Å². The van der Waals surface area contributed by atoms with Crippen molar-refractivity contribution < 1.29 is 28.6 Å². The zero-order chi connectivity index (χ0) is 21.7. The van der Waals surface area contributed by atoms with Gasteiger partial charge >= 0.3 is 7.60 Å². The molecule has 0 spiro atoms. The number of halogens is 1. The highest BCUT2D eigenvalue weighted by Crippen LogP contribution is 2.40. The molecule has 1 amide bonds. The summed E-state index contributed by atoms with van der Waals surface area (Å²) in [6, 6.07) is 11.3. The van der Waals surface area contributed by atoms with E-state index in [1.54, 1.807) is 54.0 Å². The maximum atomic E-state index is 12.6. The number of rotatable bonds is 8. The first-order chi connectivity index (χ1) is 14.2. The number of nitrogens with one attached hydrogen (secondary N) is 1. The SMILES string of the molecule is Br.CC(C)Oc1cc(Oc2cccc(CP(=O)(O)O)c2)cc(C(=O)Nc2nccs2)c1. The Bertz CT molecular complexity index is 1070. The summed E-state index contributed by atoms with van der Waals surface area (Å²) in [5.41, 5.74) is 0.766. The van der Waals surface area contributed by atoms with Crippen molar-refractivity contribution in [1.82, 2.24) is 4.98 Å². The Labute approximate surface area is 194 Å². The van der Waals surface area contributed by atoms with E-state index in [9.17, 15) is 19.1 Å². The minimum absolute atomic E-state index is 0. The molecule has 3 rings (SSSR count). The van der Waals surface area contributed by atoms with Gasteiger partial charge in [0.25, 0.3) is 5.91 Å². The first kappa shape index (κ1) is 25.0. The fourth-order valence-corrected chi connectivity index (χ4v) is 3.83. The van der Waals surface area contributed by atoms with Gasteiger partial charge in [-0.2, -0.15) is 0 Å². The highest BCUT2D eigenvalue weighted by Gasteiger charge is 2.16. The Morgan fingerprint density at radius 3 is 2.55 bits per heavy atom. The highest BCUT2D eigenvalue weighted by molar-refractivity contribution is 8.93. The van der Waals surface area contributed by atoms with Crippen LogP contribution in [0, 0.1) is 0 Å². The molecule has 2 aromatic carbocycles. The lowest BCUT2D eigenvalue weighted by Gasteiger charge is -2.14. The van der Waals surface area contributed by atoms with Crippen LogP contribution in [0.4, 0.5) is 5.13 Å². The predicted octanol–water partition coefficient (Wildman–Crippen LogP) is 5.23. The van der Waals surface area contributed by atoms with Crippen LogP contribution in [0.25, 0.3) is 0 Å². The number of amides is 1. The van der Waals surface area contributed by atoms with Crippen LogP contribution >= 0.6 is 35.9 Å². The van der Waals surface area contributed by atoms with E-state index in [-0.39, 0.29) is 35.2 Å². The average Bonchev–Trinajstić information content (AvgIpc) is 3.12. The topological polar surface area (TPSA) is 118 Å². The molecule has 11 heteroatoms. The van der Waals surface area contributed by atoms with Crippen molar-refractivity contribution >= 4 is 47.0 Å². The van der Waals surface area contributed by atoms with E-state index in [0.717, 1.165) is 0 Å². The number of benzene rings is 2. The standard InChI is InChI=1S/C20H21N2O6PS.BrH/c1-13(2)27-17-9-15(19(23)22-20-21-6-7-30-20)10-18(11-17)28-16-5-3-4-14(8-16)12-29(24,25)26;/h3-11,13H,12H2,1-2H3,(H,21,22,23)(H2,24,25,26);1H. The second-order valence-corrected chi connectivity index (χ2v) is 9.26. The van der Waals surface area contributed by atoms with Crippen LogP contribution in [0.5, 0.6) is 17.2 Å². The van der Waals surface area contributed by atoms with Crippen LogP contribution in [0.15, 0.2) is 54.0 Å². The van der Waals surface area contributed by atoms with Crippen molar-refractivity contribution in [2.24, 2.45) is 0 Å². The van der Waals surface area contributed by atoms with Gasteiger partial charge in [0.05, 0.1) is 12.3 Å². The number of nitrogens with zero attached hydrogens (tertiary/aromatic N) is 1. The molecule has 166 valence electrons. The fourth-order valence-electron chi connectivity index (χ4n) is 2.64. The van der Waals surface area contributed by atoms with E-state index in [1.807, 2.05) is 13.8 Å². The molecule has 0 aliphatic heterocycles. The molecule has 31 heavy (non-hydrogen) atoms. The lowest BCUT2D eigenvalue weighted by Crippen LogP contribution is -2.13. The molecular weight excluding hydrogens is 507 g/mol. The zero-order valence-electron chi connectivity index (χ0n) is 16.7. The lowest BCUT2D eigenvalue weighted by atomic mass is 10.2. The summed E-state index contributed by atoms with van der Waals surface area (Å²) < 4.78 is 22.8. The monoisotopic (exact) mass is 528 g/mol. The molecule has 0 saturated carbocycles. The molecule has 1 heterocycles. The van der Waals surface area contributed by atoms with Gasteiger partial charge in [-0.25, -0.2) is 4.98 Å². The van der Waals surface area contributed by atoms with E-state index in [1.165, 1.54) is 11.3 Å². The maximum absolute atomic E-state index is 12.6. The molecule has 0 fully saturated rings. The van der Waals surface area contributed by atoms with Crippen molar-refractivity contribution in [1.29, 1.82) is 0 Å². The number of carbonyl (C=O) groups excluding carboxylic acids is 1. The van der Waals surface area contributed by atoms with E-state index in [0.29, 0.717) is 33.5 Å². The molecule has 3 N–H and O–H groups in total. The van der Waals surface area contributed by atoms with Gasteiger partial charge in [-0.3, -0.25) is 14.7 Å². The zero-order valence-corrected chi connectivity index (χ0v) is 20.1. The lowest BCUT2D eigenvalue weighted by molar-refractivity contribution is 0.102. The van der Waals surface area contributed by atoms with Gasteiger partial charge < -0.3 is 19.3 Å². The first-order valence-corrected chi connectivity index (χ1v) is 11.7. The van der Waals surface area contributed by atoms with Crippen molar-refractivity contribution in [2.75, 3.05) is 5.32 Å². The second-order valence-electron chi connectivity index (χ2n) is 6.72. The summed E-state index contributed by atoms with van der Waals surface area (Å²) >= 11 is 1.30. The van der Waals surface area contributed by atoms with Gasteiger partial charge in [-0.15, -0.1) is 28.3 Å². The van der Waals surface area contributed by atoms with Crippen LogP contribution in [0.3, 0.4) is 0 Å². The highest BCUT2D eigenvalue weighted by atomic mass is 79.9. The Morgan fingerprint density at radius 1 is 1.16 bits per heavy atom. The third-order valence-corrected chi connectivity index (χ3v) is 5.16. The molecule has 0 aliphatic carbocycles. The fraction of sp³-hybridized carbons (Fsp3) is 0.200. The van der Waals surface area contributed by atoms with E-state index >= 15 is 0 Å². The van der Waals surface area contributed by atoms with E-state index in [2.05, 4.69) is 10.3 Å². The first-order valence-electron chi connectivity index (χ1n) is 9.02. The third-order valence-electron chi connectivity index (χ3n) is 3.69. The largest absolute Gasteiger partial charge is 0.491 e. The summed E-state index contributed by atoms with van der Waals surface area (Å²) in [4.78, 5) is 35.0. The maximum Gasteiger partial charge on any atom is 0.329 e. The number of anilines is 1. The second kappa shape index (κ2) is 10.9. The van der Waals surface area contributed by atoms with Crippen molar-refractivity contribution in [2.45, 2.75) is 26.1 Å². The molecule has 0 atom stereocenters. The Balaban J connectivity index is 0.00000341. The van der Waals surface area contributed by atoms with Gasteiger partial charge in [-0.05, 0) is 43.7 Å². The van der Waals surface area contributed by atoms with Crippen LogP contribution < -0.4 is 14.8 Å². The molecule has 0 aliphatic rings. The molecule has 0 saturated heterocycles. The number of carbonyl (C=O) groups is 1. The summed E-state index contributed by atoms with van der Waals surface area (Å²) in [5.74, 6) is 0.831. The summed E-state index contributed by atoms with van der Waals surface area (Å²) in [6.07, 6.45) is 1.10. The summed E-state index contributed by atoms with van der Waals surface area (Å²) in [6.45, 7) is 3.74. The smallest absolute Gasteiger partial charge is 0.329 e. The molecular formula is C20H22BrN2O6PS. The number of thiazole rings is 1. The molecule has 1 aromatic heterocycles. The number of hydrogen-bond acceptors (Lipinski definition) is 6. The molecule has 0 unspecified atom stereocenters. The number of aromatic nitrogens is 1. The number of hydrogen-bond donors (Lipinski definition) is 3. The minimum Gasteiger partial charge on any atom is -0.491 e. The molecule has 0 bridgehead atoms. The van der Waals surface area contributed by atoms with Gasteiger partial charge in [0.15, 0.2) is 5.13 Å². The van der Waals surface area contributed by atoms with Crippen molar-refractivity contribution in [3.8, 4) is 17.2 Å². The van der Waals surface area contributed by atoms with Gasteiger partial charge in [-0.1, -0.05) is 12.1 Å². The normalized spacial score (nSPS) is 11.0. The molecule has 0 radical (unpaired) electrons. The van der Waals surface area contributed by atoms with E-state index < -0.39 is 7.60 Å². The van der Waals surface area contributed by atoms with Crippen molar-refractivity contribution in [3.05, 3.63) is 65.2 Å². The molecule has 3 aromatic rings. The minimum atomic E-state index is -4.20. The predicted molar refractivity (Wildman–Crippen MR) is 125 cm³/mol. The Hall–Kier alpha value is -2.23. The van der Waals surface area contributed by atoms with Crippen LogP contribution in [0.2, 0.25) is 0 Å². The van der Waals surface area contributed by atoms with Crippen LogP contribution in [-0.4, -0.2) is 26.8 Å². The van der Waals surface area contributed by atoms with Gasteiger partial charge in [0, 0.05) is 23.2 Å². The van der Waals surface area contributed by atoms with Crippen LogP contribution in [0.1, 0.15) is 29.8 Å². The Kier molecular flexibility index (Phi) is 8.79. The molecule has 8 nitrogen and oxygen atoms in total. The van der Waals surface area contributed by atoms with Crippen LogP contribution in [-0.2, 0) is 10.7 Å². The third kappa shape index (κ3) is 8.08. The quantitative estimate of drug-likeness (QED) is 0.342. The summed E-state index contributed by atoms with van der Waals surface area (Å²) in [7, 11) is -4.20. The summed E-state index contributed by atoms with van der Waals surface area (Å²) in [5, 5.41) is 4.95. The van der Waals surface area contributed by atoms with E-state index in [4.69, 9.17) is 9.47 Å². The number of ether oxygens (including phenoxy) is 2.